The van der Waals surface area contributed by atoms with E-state index in [1.807, 2.05) is 4.90 Å². The Morgan fingerprint density at radius 3 is 2.52 bits per heavy atom. The number of benzene rings is 2. The van der Waals surface area contributed by atoms with E-state index in [1.54, 1.807) is 42.7 Å². The van der Waals surface area contributed by atoms with Gasteiger partial charge in [0.05, 0.1) is 29.3 Å². The van der Waals surface area contributed by atoms with Crippen LogP contribution in [0.1, 0.15) is 17.1 Å². The Hall–Kier alpha value is -3.52. The summed E-state index contributed by atoms with van der Waals surface area (Å²) in [5.41, 5.74) is -0.787. The molecule has 3 heterocycles. The van der Waals surface area contributed by atoms with Crippen molar-refractivity contribution in [1.29, 1.82) is 0 Å². The molecule has 158 valence electrons. The van der Waals surface area contributed by atoms with Gasteiger partial charge in [-0.2, -0.15) is 13.2 Å². The van der Waals surface area contributed by atoms with Gasteiger partial charge < -0.3 is 13.6 Å². The third kappa shape index (κ3) is 3.48. The molecule has 0 unspecified atom stereocenters. The van der Waals surface area contributed by atoms with Gasteiger partial charge >= 0.3 is 6.18 Å². The van der Waals surface area contributed by atoms with Gasteiger partial charge in [0, 0.05) is 6.54 Å². The highest BCUT2D eigenvalue weighted by molar-refractivity contribution is 5.87. The molecular weight excluding hydrogens is 411 g/mol. The van der Waals surface area contributed by atoms with Gasteiger partial charge in [-0.05, 0) is 29.8 Å². The molecule has 1 aliphatic heterocycles. The van der Waals surface area contributed by atoms with Crippen LogP contribution in [0.25, 0.3) is 22.1 Å². The number of hydrogen-bond donors (Lipinski definition) is 0. The average molecular weight is 427 g/mol. The standard InChI is InChI=1S/C23H16F3NO4/c24-23(25,26)22-19(14-5-2-1-3-6-14)20(28)16-8-9-18-17(21(16)31-22)12-27(13-30-18)11-15-7-4-10-29-15/h1-10H,11-13H2. The van der Waals surface area contributed by atoms with E-state index in [2.05, 4.69) is 0 Å². The molecule has 0 N–H and O–H groups in total. The van der Waals surface area contributed by atoms with Crippen LogP contribution in [0.4, 0.5) is 13.2 Å². The number of fused-ring (bicyclic) bond motifs is 3. The number of ether oxygens (including phenoxy) is 1. The number of nitrogens with zero attached hydrogens (tertiary/aromatic N) is 1. The summed E-state index contributed by atoms with van der Waals surface area (Å²) in [6.45, 7) is 0.886. The molecule has 31 heavy (non-hydrogen) atoms. The minimum absolute atomic E-state index is 0.0778. The second kappa shape index (κ2) is 7.31. The molecule has 4 aromatic rings. The van der Waals surface area contributed by atoms with Crippen LogP contribution in [0.15, 0.2) is 74.5 Å². The van der Waals surface area contributed by atoms with Crippen molar-refractivity contribution in [2.75, 3.05) is 6.73 Å². The Morgan fingerprint density at radius 1 is 1.00 bits per heavy atom. The van der Waals surface area contributed by atoms with Crippen LogP contribution >= 0.6 is 0 Å². The molecule has 8 heteroatoms. The van der Waals surface area contributed by atoms with Crippen LogP contribution in [-0.2, 0) is 19.3 Å². The van der Waals surface area contributed by atoms with Gasteiger partial charge in [-0.3, -0.25) is 9.69 Å². The highest BCUT2D eigenvalue weighted by Crippen LogP contribution is 2.40. The fourth-order valence-electron chi connectivity index (χ4n) is 3.80. The van der Waals surface area contributed by atoms with Gasteiger partial charge in [0.1, 0.15) is 23.8 Å². The summed E-state index contributed by atoms with van der Waals surface area (Å²) in [5.74, 6) is -0.226. The largest absolute Gasteiger partial charge is 0.478 e. The maximum Gasteiger partial charge on any atom is 0.450 e. The highest BCUT2D eigenvalue weighted by Gasteiger charge is 2.40. The third-order valence-corrected chi connectivity index (χ3v) is 5.18. The lowest BCUT2D eigenvalue weighted by Gasteiger charge is -2.28. The zero-order valence-electron chi connectivity index (χ0n) is 16.1. The van der Waals surface area contributed by atoms with E-state index < -0.39 is 22.9 Å². The van der Waals surface area contributed by atoms with Crippen molar-refractivity contribution >= 4 is 11.0 Å². The van der Waals surface area contributed by atoms with Gasteiger partial charge in [0.25, 0.3) is 0 Å². The van der Waals surface area contributed by atoms with Crippen molar-refractivity contribution in [1.82, 2.24) is 4.90 Å². The Morgan fingerprint density at radius 2 is 1.81 bits per heavy atom. The molecule has 0 bridgehead atoms. The molecule has 0 saturated carbocycles. The van der Waals surface area contributed by atoms with E-state index in [-0.39, 0.29) is 29.8 Å². The predicted molar refractivity (Wildman–Crippen MR) is 106 cm³/mol. The minimum atomic E-state index is -4.84. The van der Waals surface area contributed by atoms with Crippen molar-refractivity contribution in [3.63, 3.8) is 0 Å². The fourth-order valence-corrected chi connectivity index (χ4v) is 3.80. The molecule has 5 rings (SSSR count). The van der Waals surface area contributed by atoms with E-state index in [9.17, 15) is 18.0 Å². The Balaban J connectivity index is 1.69. The summed E-state index contributed by atoms with van der Waals surface area (Å²) in [7, 11) is 0. The Bertz CT molecular complexity index is 1290. The van der Waals surface area contributed by atoms with Crippen LogP contribution in [-0.4, -0.2) is 11.6 Å². The van der Waals surface area contributed by atoms with Crippen LogP contribution in [0.2, 0.25) is 0 Å². The smallest absolute Gasteiger partial charge is 0.450 e. The molecule has 2 aromatic carbocycles. The molecule has 0 fully saturated rings. The summed E-state index contributed by atoms with van der Waals surface area (Å²) < 4.78 is 58.2. The maximum absolute atomic E-state index is 13.9. The minimum Gasteiger partial charge on any atom is -0.478 e. The molecular formula is C23H16F3NO4. The van der Waals surface area contributed by atoms with Crippen LogP contribution in [0.3, 0.4) is 0 Å². The van der Waals surface area contributed by atoms with E-state index in [4.69, 9.17) is 13.6 Å². The molecule has 0 saturated heterocycles. The molecule has 2 aromatic heterocycles. The first kappa shape index (κ1) is 19.4. The molecule has 1 aliphatic rings. The number of halogens is 3. The molecule has 0 aliphatic carbocycles. The summed E-state index contributed by atoms with van der Waals surface area (Å²) in [5, 5.41) is 0.0778. The SMILES string of the molecule is O=c1c(-c2ccccc2)c(C(F)(F)F)oc2c3c(ccc12)OCN(Cc1ccco1)C3. The number of rotatable bonds is 3. The summed E-state index contributed by atoms with van der Waals surface area (Å²) >= 11 is 0. The lowest BCUT2D eigenvalue weighted by molar-refractivity contribution is -0.152. The molecule has 0 atom stereocenters. The average Bonchev–Trinajstić information content (AvgIpc) is 3.26. The lowest BCUT2D eigenvalue weighted by Crippen LogP contribution is -2.31. The van der Waals surface area contributed by atoms with E-state index in [0.29, 0.717) is 23.6 Å². The topological polar surface area (TPSA) is 55.8 Å². The highest BCUT2D eigenvalue weighted by atomic mass is 19.4. The molecule has 5 nitrogen and oxygen atoms in total. The van der Waals surface area contributed by atoms with Crippen molar-refractivity contribution in [3.05, 3.63) is 88.2 Å². The monoisotopic (exact) mass is 427 g/mol. The first-order valence-electron chi connectivity index (χ1n) is 9.54. The van der Waals surface area contributed by atoms with Gasteiger partial charge in [-0.25, -0.2) is 0 Å². The normalized spacial score (nSPS) is 14.4. The van der Waals surface area contributed by atoms with Gasteiger partial charge in [-0.15, -0.1) is 0 Å². The second-order valence-corrected chi connectivity index (χ2v) is 7.26. The van der Waals surface area contributed by atoms with E-state index in [0.717, 1.165) is 0 Å². The lowest BCUT2D eigenvalue weighted by atomic mass is 10.00. The second-order valence-electron chi connectivity index (χ2n) is 7.26. The third-order valence-electron chi connectivity index (χ3n) is 5.18. The summed E-state index contributed by atoms with van der Waals surface area (Å²) in [6.07, 6.45) is -3.30. The van der Waals surface area contributed by atoms with Crippen molar-refractivity contribution in [2.45, 2.75) is 19.3 Å². The fraction of sp³-hybridized carbons (Fsp3) is 0.174. The van der Waals surface area contributed by atoms with Crippen LogP contribution in [0, 0.1) is 0 Å². The number of hydrogen-bond acceptors (Lipinski definition) is 5. The summed E-state index contributed by atoms with van der Waals surface area (Å²) in [6, 6.07) is 14.3. The molecule has 0 spiro atoms. The van der Waals surface area contributed by atoms with Crippen molar-refractivity contribution < 1.29 is 26.7 Å². The summed E-state index contributed by atoms with van der Waals surface area (Å²) in [4.78, 5) is 15.0. The first-order valence-corrected chi connectivity index (χ1v) is 9.54. The zero-order chi connectivity index (χ0) is 21.6. The Labute approximate surface area is 174 Å². The van der Waals surface area contributed by atoms with E-state index in [1.165, 1.54) is 18.2 Å². The van der Waals surface area contributed by atoms with Gasteiger partial charge in [0.15, 0.2) is 0 Å². The maximum atomic E-state index is 13.9. The Kier molecular flexibility index (Phi) is 4.59. The molecule has 0 amide bonds. The van der Waals surface area contributed by atoms with Gasteiger partial charge in [0.2, 0.25) is 11.2 Å². The van der Waals surface area contributed by atoms with Crippen LogP contribution < -0.4 is 10.2 Å². The van der Waals surface area contributed by atoms with E-state index >= 15 is 0 Å². The van der Waals surface area contributed by atoms with Gasteiger partial charge in [-0.1, -0.05) is 30.3 Å². The quantitative estimate of drug-likeness (QED) is 0.437. The van der Waals surface area contributed by atoms with Crippen molar-refractivity contribution in [3.8, 4) is 16.9 Å². The number of furan rings is 1. The first-order chi connectivity index (χ1) is 14.9. The van der Waals surface area contributed by atoms with Crippen LogP contribution in [0.5, 0.6) is 5.75 Å². The zero-order valence-corrected chi connectivity index (χ0v) is 16.1. The van der Waals surface area contributed by atoms with Crippen molar-refractivity contribution in [2.24, 2.45) is 0 Å². The predicted octanol–water partition coefficient (Wildman–Crippen LogP) is 5.42. The molecule has 0 radical (unpaired) electrons. The number of alkyl halides is 3.